The summed E-state index contributed by atoms with van der Waals surface area (Å²) in [5.41, 5.74) is 1.22. The summed E-state index contributed by atoms with van der Waals surface area (Å²) in [4.78, 5) is 22.7. The van der Waals surface area contributed by atoms with Gasteiger partial charge in [-0.15, -0.1) is 0 Å². The molecule has 2 N–H and O–H groups in total. The molecule has 0 heterocycles. The molecular formula is C12H14ClNO4. The van der Waals surface area contributed by atoms with Gasteiger partial charge in [-0.2, -0.15) is 0 Å². The molecule has 0 saturated carbocycles. The van der Waals surface area contributed by atoms with Crippen molar-refractivity contribution in [2.75, 3.05) is 13.7 Å². The molecule has 0 saturated heterocycles. The van der Waals surface area contributed by atoms with Gasteiger partial charge in [0.15, 0.2) is 6.10 Å². The Hall–Kier alpha value is -1.59. The van der Waals surface area contributed by atoms with E-state index in [1.54, 1.807) is 12.1 Å². The maximum absolute atomic E-state index is 11.7. The van der Waals surface area contributed by atoms with Gasteiger partial charge < -0.3 is 15.2 Å². The molecule has 0 radical (unpaired) electrons. The molecule has 0 spiro atoms. The maximum Gasteiger partial charge on any atom is 0.336 e. The zero-order chi connectivity index (χ0) is 13.7. The highest BCUT2D eigenvalue weighted by atomic mass is 35.5. The molecule has 0 bridgehead atoms. The van der Waals surface area contributed by atoms with Crippen LogP contribution in [0.5, 0.6) is 0 Å². The number of carbonyl (C=O) groups is 2. The van der Waals surface area contributed by atoms with Gasteiger partial charge in [0.05, 0.1) is 13.7 Å². The summed E-state index contributed by atoms with van der Waals surface area (Å²) >= 11 is 5.83. The lowest BCUT2D eigenvalue weighted by molar-refractivity contribution is -0.149. The van der Waals surface area contributed by atoms with E-state index < -0.39 is 18.0 Å². The van der Waals surface area contributed by atoms with Crippen LogP contribution >= 0.6 is 11.6 Å². The standard InChI is InChI=1S/C12H14ClNO4/c1-7-3-8(5-9(13)4-7)11(16)14-6-10(15)12(17)18-2/h3-5,10,15H,6H2,1-2H3,(H,14,16). The maximum atomic E-state index is 11.7. The fourth-order valence-electron chi connectivity index (χ4n) is 1.38. The second kappa shape index (κ2) is 6.37. The third-order valence-corrected chi connectivity index (χ3v) is 2.45. The monoisotopic (exact) mass is 271 g/mol. The van der Waals surface area contributed by atoms with E-state index in [0.29, 0.717) is 10.6 Å². The summed E-state index contributed by atoms with van der Waals surface area (Å²) < 4.78 is 4.33. The zero-order valence-corrected chi connectivity index (χ0v) is 10.8. The second-order valence-corrected chi connectivity index (χ2v) is 4.20. The topological polar surface area (TPSA) is 75.6 Å². The van der Waals surface area contributed by atoms with E-state index in [1.165, 1.54) is 6.07 Å². The second-order valence-electron chi connectivity index (χ2n) is 3.77. The smallest absolute Gasteiger partial charge is 0.336 e. The van der Waals surface area contributed by atoms with Crippen LogP contribution in [-0.4, -0.2) is 36.7 Å². The summed E-state index contributed by atoms with van der Waals surface area (Å²) in [6.45, 7) is 1.60. The Bertz CT molecular complexity index is 441. The van der Waals surface area contributed by atoms with E-state index in [4.69, 9.17) is 11.6 Å². The Balaban J connectivity index is 2.63. The van der Waals surface area contributed by atoms with Gasteiger partial charge in [-0.3, -0.25) is 4.79 Å². The van der Waals surface area contributed by atoms with E-state index in [0.717, 1.165) is 12.7 Å². The SMILES string of the molecule is COC(=O)C(O)CNC(=O)c1cc(C)cc(Cl)c1. The first-order valence-corrected chi connectivity index (χ1v) is 5.63. The molecule has 0 aliphatic carbocycles. The molecule has 1 amide bonds. The number of aliphatic hydroxyl groups is 1. The Kier molecular flexibility index (Phi) is 5.12. The average Bonchev–Trinajstić information content (AvgIpc) is 2.33. The number of amides is 1. The molecule has 1 atom stereocenters. The highest BCUT2D eigenvalue weighted by molar-refractivity contribution is 6.31. The van der Waals surface area contributed by atoms with Gasteiger partial charge in [-0.05, 0) is 30.7 Å². The van der Waals surface area contributed by atoms with Gasteiger partial charge in [0.25, 0.3) is 5.91 Å². The predicted octanol–water partition coefficient (Wildman–Crippen LogP) is 0.912. The van der Waals surface area contributed by atoms with Crippen molar-refractivity contribution < 1.29 is 19.4 Å². The molecule has 0 aromatic heterocycles. The number of aryl methyl sites for hydroxylation is 1. The number of rotatable bonds is 4. The van der Waals surface area contributed by atoms with Crippen molar-refractivity contribution in [2.24, 2.45) is 0 Å². The highest BCUT2D eigenvalue weighted by Crippen LogP contribution is 2.14. The first kappa shape index (κ1) is 14.5. The molecule has 0 aliphatic heterocycles. The van der Waals surface area contributed by atoms with Crippen LogP contribution in [0.25, 0.3) is 0 Å². The highest BCUT2D eigenvalue weighted by Gasteiger charge is 2.16. The van der Waals surface area contributed by atoms with E-state index in [1.807, 2.05) is 6.92 Å². The summed E-state index contributed by atoms with van der Waals surface area (Å²) in [5.74, 6) is -1.21. The van der Waals surface area contributed by atoms with E-state index in [-0.39, 0.29) is 6.54 Å². The number of ether oxygens (including phenoxy) is 1. The number of esters is 1. The zero-order valence-electron chi connectivity index (χ0n) is 10.1. The van der Waals surface area contributed by atoms with E-state index >= 15 is 0 Å². The summed E-state index contributed by atoms with van der Waals surface area (Å²) in [6, 6.07) is 4.89. The van der Waals surface area contributed by atoms with Crippen molar-refractivity contribution in [1.29, 1.82) is 0 Å². The number of hydrogen-bond acceptors (Lipinski definition) is 4. The van der Waals surface area contributed by atoms with Crippen LogP contribution in [0.1, 0.15) is 15.9 Å². The van der Waals surface area contributed by atoms with Crippen LogP contribution < -0.4 is 5.32 Å². The Labute approximate surface area is 110 Å². The van der Waals surface area contributed by atoms with Gasteiger partial charge in [0.1, 0.15) is 0 Å². The number of benzene rings is 1. The van der Waals surface area contributed by atoms with Crippen molar-refractivity contribution in [1.82, 2.24) is 5.32 Å². The van der Waals surface area contributed by atoms with Crippen LogP contribution in [0.2, 0.25) is 5.02 Å². The minimum atomic E-state index is -1.38. The van der Waals surface area contributed by atoms with Gasteiger partial charge in [-0.1, -0.05) is 11.6 Å². The molecule has 5 nitrogen and oxygen atoms in total. The van der Waals surface area contributed by atoms with Crippen molar-refractivity contribution in [3.8, 4) is 0 Å². The van der Waals surface area contributed by atoms with Crippen LogP contribution in [0, 0.1) is 6.92 Å². The lowest BCUT2D eigenvalue weighted by Crippen LogP contribution is -2.37. The Morgan fingerprint density at radius 1 is 1.44 bits per heavy atom. The molecule has 6 heteroatoms. The van der Waals surface area contributed by atoms with Gasteiger partial charge in [-0.25, -0.2) is 4.79 Å². The molecule has 18 heavy (non-hydrogen) atoms. The fraction of sp³-hybridized carbons (Fsp3) is 0.333. The quantitative estimate of drug-likeness (QED) is 0.798. The lowest BCUT2D eigenvalue weighted by atomic mass is 10.1. The van der Waals surface area contributed by atoms with Gasteiger partial charge in [0, 0.05) is 10.6 Å². The summed E-state index contributed by atoms with van der Waals surface area (Å²) in [5, 5.41) is 12.2. The molecule has 1 aromatic rings. The molecule has 1 rings (SSSR count). The minimum Gasteiger partial charge on any atom is -0.467 e. The first-order chi connectivity index (χ1) is 8.43. The number of methoxy groups -OCH3 is 1. The fourth-order valence-corrected chi connectivity index (χ4v) is 1.67. The van der Waals surface area contributed by atoms with Crippen LogP contribution in [-0.2, 0) is 9.53 Å². The number of carbonyl (C=O) groups excluding carboxylic acids is 2. The Morgan fingerprint density at radius 2 is 2.11 bits per heavy atom. The first-order valence-electron chi connectivity index (χ1n) is 5.25. The molecule has 98 valence electrons. The average molecular weight is 272 g/mol. The third kappa shape index (κ3) is 4.01. The van der Waals surface area contributed by atoms with Crippen molar-refractivity contribution in [3.05, 3.63) is 34.3 Å². The van der Waals surface area contributed by atoms with Gasteiger partial charge >= 0.3 is 5.97 Å². The van der Waals surface area contributed by atoms with Crippen LogP contribution in [0.4, 0.5) is 0 Å². The molecule has 1 aromatic carbocycles. The van der Waals surface area contributed by atoms with E-state index in [2.05, 4.69) is 10.1 Å². The van der Waals surface area contributed by atoms with Crippen LogP contribution in [0.15, 0.2) is 18.2 Å². The lowest BCUT2D eigenvalue weighted by Gasteiger charge is -2.10. The number of hydrogen-bond donors (Lipinski definition) is 2. The van der Waals surface area contributed by atoms with Crippen molar-refractivity contribution in [2.45, 2.75) is 13.0 Å². The molecule has 0 aliphatic rings. The minimum absolute atomic E-state index is 0.211. The summed E-state index contributed by atoms with van der Waals surface area (Å²) in [7, 11) is 1.16. The normalized spacial score (nSPS) is 11.8. The van der Waals surface area contributed by atoms with Crippen molar-refractivity contribution in [3.63, 3.8) is 0 Å². The number of aliphatic hydroxyl groups excluding tert-OH is 1. The predicted molar refractivity (Wildman–Crippen MR) is 66.5 cm³/mol. The van der Waals surface area contributed by atoms with E-state index in [9.17, 15) is 14.7 Å². The third-order valence-electron chi connectivity index (χ3n) is 2.23. The molecular weight excluding hydrogens is 258 g/mol. The number of halogens is 1. The summed E-state index contributed by atoms with van der Waals surface area (Å²) in [6.07, 6.45) is -1.38. The Morgan fingerprint density at radius 3 is 2.67 bits per heavy atom. The van der Waals surface area contributed by atoms with Gasteiger partial charge in [0.2, 0.25) is 0 Å². The number of nitrogens with one attached hydrogen (secondary N) is 1. The largest absolute Gasteiger partial charge is 0.467 e. The molecule has 1 unspecified atom stereocenters. The van der Waals surface area contributed by atoms with Crippen molar-refractivity contribution >= 4 is 23.5 Å². The molecule has 0 fully saturated rings. The van der Waals surface area contributed by atoms with Crippen LogP contribution in [0.3, 0.4) is 0 Å².